The van der Waals surface area contributed by atoms with Crippen molar-refractivity contribution in [2.75, 3.05) is 32.0 Å². The number of likely N-dealkylation sites (N-methyl/N-ethyl adjacent to an activating group) is 1. The minimum absolute atomic E-state index is 0.672. The van der Waals surface area contributed by atoms with Crippen LogP contribution >= 0.6 is 0 Å². The summed E-state index contributed by atoms with van der Waals surface area (Å²) in [7, 11) is 2.09. The molecule has 0 spiro atoms. The highest BCUT2D eigenvalue weighted by Gasteiger charge is 2.06. The molecule has 0 bridgehead atoms. The molecular formula is C12H18N6. The van der Waals surface area contributed by atoms with E-state index in [1.165, 1.54) is 0 Å². The van der Waals surface area contributed by atoms with Gasteiger partial charge in [-0.2, -0.15) is 4.68 Å². The lowest BCUT2D eigenvalue weighted by Crippen LogP contribution is -2.25. The Hall–Kier alpha value is -1.95. The van der Waals surface area contributed by atoms with Crippen LogP contribution in [0.15, 0.2) is 30.3 Å². The Morgan fingerprint density at radius 1 is 1.28 bits per heavy atom. The van der Waals surface area contributed by atoms with Gasteiger partial charge in [0.25, 0.3) is 0 Å². The minimum Gasteiger partial charge on any atom is -0.351 e. The summed E-state index contributed by atoms with van der Waals surface area (Å²) in [6, 6.07) is 9.84. The lowest BCUT2D eigenvalue weighted by Gasteiger charge is -2.14. The molecule has 0 aliphatic heterocycles. The summed E-state index contributed by atoms with van der Waals surface area (Å²) in [5.74, 6) is 0.672. The van der Waals surface area contributed by atoms with Crippen molar-refractivity contribution in [3.63, 3.8) is 0 Å². The third-order valence-electron chi connectivity index (χ3n) is 2.79. The molecule has 0 atom stereocenters. The molecule has 1 aromatic heterocycles. The van der Waals surface area contributed by atoms with E-state index in [0.717, 1.165) is 25.3 Å². The Morgan fingerprint density at radius 2 is 2.06 bits per heavy atom. The van der Waals surface area contributed by atoms with Gasteiger partial charge in [0, 0.05) is 13.1 Å². The number of aromatic nitrogens is 4. The van der Waals surface area contributed by atoms with Gasteiger partial charge < -0.3 is 10.2 Å². The Balaban J connectivity index is 2.00. The zero-order valence-corrected chi connectivity index (χ0v) is 10.7. The zero-order chi connectivity index (χ0) is 12.8. The largest absolute Gasteiger partial charge is 0.351 e. The van der Waals surface area contributed by atoms with Gasteiger partial charge >= 0.3 is 0 Å². The lowest BCUT2D eigenvalue weighted by molar-refractivity contribution is 0.366. The normalized spacial score (nSPS) is 10.8. The van der Waals surface area contributed by atoms with Crippen molar-refractivity contribution in [1.29, 1.82) is 0 Å². The molecule has 1 aromatic carbocycles. The third kappa shape index (κ3) is 3.04. The molecule has 0 fully saturated rings. The second-order valence-corrected chi connectivity index (χ2v) is 4.07. The molecule has 6 nitrogen and oxygen atoms in total. The number of benzene rings is 1. The smallest absolute Gasteiger partial charge is 0.247 e. The van der Waals surface area contributed by atoms with Gasteiger partial charge in [-0.1, -0.05) is 30.2 Å². The van der Waals surface area contributed by atoms with E-state index < -0.39 is 0 Å². The van der Waals surface area contributed by atoms with Crippen molar-refractivity contribution in [3.05, 3.63) is 30.3 Å². The van der Waals surface area contributed by atoms with Gasteiger partial charge in [0.1, 0.15) is 0 Å². The first kappa shape index (κ1) is 12.5. The fraction of sp³-hybridized carbons (Fsp3) is 0.417. The summed E-state index contributed by atoms with van der Waals surface area (Å²) in [6.45, 7) is 4.94. The van der Waals surface area contributed by atoms with Crippen molar-refractivity contribution >= 4 is 5.95 Å². The molecule has 0 aliphatic rings. The van der Waals surface area contributed by atoms with E-state index in [2.05, 4.69) is 39.7 Å². The van der Waals surface area contributed by atoms with Gasteiger partial charge in [-0.05, 0) is 36.2 Å². The van der Waals surface area contributed by atoms with E-state index >= 15 is 0 Å². The van der Waals surface area contributed by atoms with Crippen molar-refractivity contribution < 1.29 is 0 Å². The average Bonchev–Trinajstić information content (AvgIpc) is 2.88. The standard InChI is InChI=1S/C12H18N6/c1-3-17(2)10-9-13-12-14-15-16-18(12)11-7-5-4-6-8-11/h4-8H,3,9-10H2,1-2H3,(H,13,14,16). The topological polar surface area (TPSA) is 58.9 Å². The second-order valence-electron chi connectivity index (χ2n) is 4.07. The van der Waals surface area contributed by atoms with Crippen LogP contribution in [0.5, 0.6) is 0 Å². The fourth-order valence-electron chi connectivity index (χ4n) is 1.56. The summed E-state index contributed by atoms with van der Waals surface area (Å²) >= 11 is 0. The number of tetrazole rings is 1. The maximum atomic E-state index is 3.99. The lowest BCUT2D eigenvalue weighted by atomic mass is 10.3. The number of hydrogen-bond donors (Lipinski definition) is 1. The summed E-state index contributed by atoms with van der Waals surface area (Å²) < 4.78 is 1.70. The molecule has 0 amide bonds. The number of anilines is 1. The predicted molar refractivity (Wildman–Crippen MR) is 70.8 cm³/mol. The van der Waals surface area contributed by atoms with E-state index in [1.807, 2.05) is 30.3 Å². The van der Waals surface area contributed by atoms with Crippen LogP contribution < -0.4 is 5.32 Å². The van der Waals surface area contributed by atoms with Crippen LogP contribution in [0.4, 0.5) is 5.95 Å². The first-order valence-corrected chi connectivity index (χ1v) is 6.07. The molecule has 0 unspecified atom stereocenters. The molecule has 0 saturated carbocycles. The van der Waals surface area contributed by atoms with Crippen molar-refractivity contribution in [3.8, 4) is 5.69 Å². The minimum atomic E-state index is 0.672. The predicted octanol–water partition coefficient (Wildman–Crippen LogP) is 1.03. The maximum Gasteiger partial charge on any atom is 0.247 e. The van der Waals surface area contributed by atoms with Crippen LogP contribution in [-0.2, 0) is 0 Å². The highest BCUT2D eigenvalue weighted by molar-refractivity contribution is 5.38. The van der Waals surface area contributed by atoms with Gasteiger partial charge in [0.2, 0.25) is 5.95 Å². The number of hydrogen-bond acceptors (Lipinski definition) is 5. The monoisotopic (exact) mass is 246 g/mol. The van der Waals surface area contributed by atoms with E-state index in [-0.39, 0.29) is 0 Å². The van der Waals surface area contributed by atoms with Crippen LogP contribution in [0.2, 0.25) is 0 Å². The van der Waals surface area contributed by atoms with Crippen molar-refractivity contribution in [2.45, 2.75) is 6.92 Å². The third-order valence-corrected chi connectivity index (χ3v) is 2.79. The van der Waals surface area contributed by atoms with Crippen molar-refractivity contribution in [2.24, 2.45) is 0 Å². The SMILES string of the molecule is CCN(C)CCNc1nnnn1-c1ccccc1. The zero-order valence-electron chi connectivity index (χ0n) is 10.7. The van der Waals surface area contributed by atoms with Crippen LogP contribution in [0.25, 0.3) is 5.69 Å². The molecule has 2 rings (SSSR count). The summed E-state index contributed by atoms with van der Waals surface area (Å²) in [6.07, 6.45) is 0. The second kappa shape index (κ2) is 6.11. The Labute approximate surface area is 107 Å². The van der Waals surface area contributed by atoms with Gasteiger partial charge in [-0.25, -0.2) is 0 Å². The quantitative estimate of drug-likeness (QED) is 0.825. The van der Waals surface area contributed by atoms with Crippen LogP contribution in [0, 0.1) is 0 Å². The number of nitrogens with zero attached hydrogens (tertiary/aromatic N) is 5. The Morgan fingerprint density at radius 3 is 2.78 bits per heavy atom. The van der Waals surface area contributed by atoms with Gasteiger partial charge in [0.05, 0.1) is 5.69 Å². The van der Waals surface area contributed by atoms with Crippen molar-refractivity contribution in [1.82, 2.24) is 25.1 Å². The highest BCUT2D eigenvalue weighted by Crippen LogP contribution is 2.09. The maximum absolute atomic E-state index is 3.99. The fourth-order valence-corrected chi connectivity index (χ4v) is 1.56. The molecule has 0 radical (unpaired) electrons. The molecular weight excluding hydrogens is 228 g/mol. The van der Waals surface area contributed by atoms with Crippen LogP contribution in [-0.4, -0.2) is 51.8 Å². The number of nitrogens with one attached hydrogen (secondary N) is 1. The summed E-state index contributed by atoms with van der Waals surface area (Å²) in [5.41, 5.74) is 0.953. The van der Waals surface area contributed by atoms with Gasteiger partial charge in [-0.3, -0.25) is 0 Å². The Kier molecular flexibility index (Phi) is 4.25. The molecule has 6 heteroatoms. The summed E-state index contributed by atoms with van der Waals surface area (Å²) in [4.78, 5) is 2.23. The molecule has 0 saturated heterocycles. The summed E-state index contributed by atoms with van der Waals surface area (Å²) in [5, 5.41) is 14.9. The van der Waals surface area contributed by atoms with Gasteiger partial charge in [0.15, 0.2) is 0 Å². The van der Waals surface area contributed by atoms with E-state index in [9.17, 15) is 0 Å². The van der Waals surface area contributed by atoms with E-state index in [0.29, 0.717) is 5.95 Å². The van der Waals surface area contributed by atoms with E-state index in [1.54, 1.807) is 4.68 Å². The molecule has 96 valence electrons. The highest BCUT2D eigenvalue weighted by atomic mass is 15.6. The number of para-hydroxylation sites is 1. The number of rotatable bonds is 6. The molecule has 1 heterocycles. The molecule has 18 heavy (non-hydrogen) atoms. The van der Waals surface area contributed by atoms with Gasteiger partial charge in [-0.15, -0.1) is 0 Å². The first-order valence-electron chi connectivity index (χ1n) is 6.07. The Bertz CT molecular complexity index is 466. The molecule has 1 N–H and O–H groups in total. The van der Waals surface area contributed by atoms with Crippen LogP contribution in [0.1, 0.15) is 6.92 Å². The first-order chi connectivity index (χ1) is 8.81. The molecule has 2 aromatic rings. The van der Waals surface area contributed by atoms with E-state index in [4.69, 9.17) is 0 Å². The average molecular weight is 246 g/mol. The molecule has 0 aliphatic carbocycles. The van der Waals surface area contributed by atoms with Crippen LogP contribution in [0.3, 0.4) is 0 Å².